The second-order valence-corrected chi connectivity index (χ2v) is 5.86. The first-order valence-corrected chi connectivity index (χ1v) is 7.70. The molecule has 4 heteroatoms. The minimum atomic E-state index is -0.681. The van der Waals surface area contributed by atoms with Gasteiger partial charge in [-0.25, -0.2) is 0 Å². The van der Waals surface area contributed by atoms with Crippen LogP contribution in [0.3, 0.4) is 0 Å². The van der Waals surface area contributed by atoms with Crippen molar-refractivity contribution in [1.82, 2.24) is 4.98 Å². The van der Waals surface area contributed by atoms with Crippen molar-refractivity contribution in [3.8, 4) is 0 Å². The molecule has 0 spiro atoms. The molecule has 1 unspecified atom stereocenters. The van der Waals surface area contributed by atoms with Crippen molar-refractivity contribution in [3.63, 3.8) is 0 Å². The van der Waals surface area contributed by atoms with Gasteiger partial charge in [-0.2, -0.15) is 0 Å². The number of carbonyl (C=O) groups excluding carboxylic acids is 1. The van der Waals surface area contributed by atoms with Gasteiger partial charge in [-0.05, 0) is 18.1 Å². The molecule has 1 heterocycles. The Hall–Kier alpha value is -1.81. The first-order valence-electron chi connectivity index (χ1n) is 7.70. The van der Waals surface area contributed by atoms with E-state index in [-0.39, 0.29) is 12.3 Å². The number of aromatic amines is 1. The van der Waals surface area contributed by atoms with Crippen molar-refractivity contribution in [2.24, 2.45) is 11.5 Å². The van der Waals surface area contributed by atoms with E-state index in [0.29, 0.717) is 0 Å². The summed E-state index contributed by atoms with van der Waals surface area (Å²) in [5.41, 5.74) is 13.4. The third kappa shape index (κ3) is 3.64. The number of H-pyrrole nitrogens is 1. The van der Waals surface area contributed by atoms with Crippen LogP contribution in [-0.2, 0) is 10.3 Å². The van der Waals surface area contributed by atoms with Crippen LogP contribution in [0.1, 0.15) is 51.0 Å². The number of unbranched alkanes of at least 4 members (excludes halogenated alkanes) is 3. The molecule has 21 heavy (non-hydrogen) atoms. The zero-order valence-corrected chi connectivity index (χ0v) is 12.7. The maximum Gasteiger partial charge on any atom is 0.219 e. The van der Waals surface area contributed by atoms with Crippen molar-refractivity contribution in [2.45, 2.75) is 51.0 Å². The number of hydrogen-bond acceptors (Lipinski definition) is 2. The van der Waals surface area contributed by atoms with E-state index in [1.54, 1.807) is 0 Å². The molecule has 4 nitrogen and oxygen atoms in total. The number of hydrogen-bond donors (Lipinski definition) is 3. The van der Waals surface area contributed by atoms with E-state index in [4.69, 9.17) is 11.5 Å². The first-order chi connectivity index (χ1) is 10.1. The number of fused-ring (bicyclic) bond motifs is 1. The minimum absolute atomic E-state index is 0.182. The van der Waals surface area contributed by atoms with Crippen LogP contribution >= 0.6 is 0 Å². The highest BCUT2D eigenvalue weighted by Crippen LogP contribution is 2.33. The van der Waals surface area contributed by atoms with Crippen molar-refractivity contribution in [3.05, 3.63) is 36.0 Å². The molecule has 0 aliphatic rings. The lowest BCUT2D eigenvalue weighted by Crippen LogP contribution is -2.40. The summed E-state index contributed by atoms with van der Waals surface area (Å²) in [5.74, 6) is -0.349. The van der Waals surface area contributed by atoms with Gasteiger partial charge in [0.05, 0.1) is 5.54 Å². The molecule has 1 atom stereocenters. The molecule has 0 saturated heterocycles. The Morgan fingerprint density at radius 1 is 1.24 bits per heavy atom. The molecule has 0 aliphatic carbocycles. The quantitative estimate of drug-likeness (QED) is 0.651. The van der Waals surface area contributed by atoms with Gasteiger partial charge in [0, 0.05) is 23.5 Å². The Morgan fingerprint density at radius 3 is 2.71 bits per heavy atom. The molecule has 0 radical (unpaired) electrons. The van der Waals surface area contributed by atoms with Gasteiger partial charge in [0.15, 0.2) is 0 Å². The Morgan fingerprint density at radius 2 is 2.00 bits per heavy atom. The fourth-order valence-electron chi connectivity index (χ4n) is 2.98. The zero-order chi connectivity index (χ0) is 15.3. The maximum absolute atomic E-state index is 11.5. The standard InChI is InChI=1S/C17H25N3O/c1-2-3-4-7-10-17(19,11-16(18)21)14-12-20-15-9-6-5-8-13(14)15/h5-6,8-9,12,20H,2-4,7,10-11,19H2,1H3,(H2,18,21). The average Bonchev–Trinajstić information content (AvgIpc) is 2.87. The molecule has 0 bridgehead atoms. The topological polar surface area (TPSA) is 84.9 Å². The summed E-state index contributed by atoms with van der Waals surface area (Å²) in [6.07, 6.45) is 7.40. The van der Waals surface area contributed by atoms with Crippen LogP contribution < -0.4 is 11.5 Å². The molecular weight excluding hydrogens is 262 g/mol. The van der Waals surface area contributed by atoms with E-state index >= 15 is 0 Å². The summed E-state index contributed by atoms with van der Waals surface area (Å²) in [5, 5.41) is 1.08. The summed E-state index contributed by atoms with van der Waals surface area (Å²) in [6.45, 7) is 2.18. The monoisotopic (exact) mass is 287 g/mol. The van der Waals surface area contributed by atoms with Gasteiger partial charge < -0.3 is 16.5 Å². The van der Waals surface area contributed by atoms with Gasteiger partial charge in [0.25, 0.3) is 0 Å². The van der Waals surface area contributed by atoms with E-state index < -0.39 is 5.54 Å². The number of amides is 1. The smallest absolute Gasteiger partial charge is 0.219 e. The number of benzene rings is 1. The number of nitrogens with two attached hydrogens (primary N) is 2. The van der Waals surface area contributed by atoms with Crippen LogP contribution in [0.2, 0.25) is 0 Å². The van der Waals surface area contributed by atoms with E-state index in [0.717, 1.165) is 35.7 Å². The third-order valence-electron chi connectivity index (χ3n) is 4.09. The number of aromatic nitrogens is 1. The lowest BCUT2D eigenvalue weighted by atomic mass is 9.82. The maximum atomic E-state index is 11.5. The Kier molecular flexibility index (Phi) is 5.02. The van der Waals surface area contributed by atoms with Crippen molar-refractivity contribution in [2.75, 3.05) is 0 Å². The molecule has 1 aromatic carbocycles. The molecule has 1 amide bonds. The van der Waals surface area contributed by atoms with Crippen LogP contribution in [0.25, 0.3) is 10.9 Å². The van der Waals surface area contributed by atoms with Crippen molar-refractivity contribution in [1.29, 1.82) is 0 Å². The summed E-state index contributed by atoms with van der Waals surface area (Å²) in [4.78, 5) is 14.7. The number of para-hydroxylation sites is 1. The lowest BCUT2D eigenvalue weighted by molar-refractivity contribution is -0.119. The number of nitrogens with one attached hydrogen (secondary N) is 1. The first kappa shape index (κ1) is 15.6. The summed E-state index contributed by atoms with van der Waals surface area (Å²) in [6, 6.07) is 8.02. The number of rotatable bonds is 8. The van der Waals surface area contributed by atoms with Gasteiger partial charge in [-0.15, -0.1) is 0 Å². The van der Waals surface area contributed by atoms with E-state index in [2.05, 4.69) is 11.9 Å². The number of primary amides is 1. The summed E-state index contributed by atoms with van der Waals surface area (Å²) >= 11 is 0. The predicted molar refractivity (Wildman–Crippen MR) is 86.7 cm³/mol. The molecule has 2 aromatic rings. The fraction of sp³-hybridized carbons (Fsp3) is 0.471. The SMILES string of the molecule is CCCCCCC(N)(CC(N)=O)c1c[nH]c2ccccc12. The van der Waals surface area contributed by atoms with Crippen LogP contribution in [0, 0.1) is 0 Å². The molecule has 1 aromatic heterocycles. The third-order valence-corrected chi connectivity index (χ3v) is 4.09. The van der Waals surface area contributed by atoms with Gasteiger partial charge in [0.1, 0.15) is 0 Å². The highest BCUT2D eigenvalue weighted by molar-refractivity contribution is 5.85. The molecule has 5 N–H and O–H groups in total. The molecule has 0 saturated carbocycles. The second-order valence-electron chi connectivity index (χ2n) is 5.86. The van der Waals surface area contributed by atoms with E-state index in [9.17, 15) is 4.79 Å². The number of carbonyl (C=O) groups is 1. The average molecular weight is 287 g/mol. The molecule has 0 fully saturated rings. The largest absolute Gasteiger partial charge is 0.370 e. The highest BCUT2D eigenvalue weighted by Gasteiger charge is 2.31. The van der Waals surface area contributed by atoms with Crippen molar-refractivity contribution < 1.29 is 4.79 Å². The second kappa shape index (κ2) is 6.76. The molecular formula is C17H25N3O. The van der Waals surface area contributed by atoms with Gasteiger partial charge >= 0.3 is 0 Å². The van der Waals surface area contributed by atoms with Gasteiger partial charge in [-0.1, -0.05) is 50.8 Å². The minimum Gasteiger partial charge on any atom is -0.370 e. The Labute approximate surface area is 125 Å². The molecule has 2 rings (SSSR count). The van der Waals surface area contributed by atoms with Crippen LogP contribution in [-0.4, -0.2) is 10.9 Å². The molecule has 0 aliphatic heterocycles. The predicted octanol–water partition coefficient (Wildman–Crippen LogP) is 3.17. The summed E-state index contributed by atoms with van der Waals surface area (Å²) in [7, 11) is 0. The van der Waals surface area contributed by atoms with Gasteiger partial charge in [-0.3, -0.25) is 4.79 Å². The van der Waals surface area contributed by atoms with Gasteiger partial charge in [0.2, 0.25) is 5.91 Å². The lowest BCUT2D eigenvalue weighted by Gasteiger charge is -2.28. The van der Waals surface area contributed by atoms with Crippen LogP contribution in [0.15, 0.2) is 30.5 Å². The van der Waals surface area contributed by atoms with Crippen LogP contribution in [0.4, 0.5) is 0 Å². The highest BCUT2D eigenvalue weighted by atomic mass is 16.1. The Bertz CT molecular complexity index is 605. The zero-order valence-electron chi connectivity index (χ0n) is 12.7. The van der Waals surface area contributed by atoms with Crippen LogP contribution in [0.5, 0.6) is 0 Å². The fourth-order valence-corrected chi connectivity index (χ4v) is 2.98. The van der Waals surface area contributed by atoms with E-state index in [1.807, 2.05) is 30.5 Å². The molecule has 114 valence electrons. The van der Waals surface area contributed by atoms with Crippen molar-refractivity contribution >= 4 is 16.8 Å². The Balaban J connectivity index is 2.28. The van der Waals surface area contributed by atoms with E-state index in [1.165, 1.54) is 12.8 Å². The summed E-state index contributed by atoms with van der Waals surface area (Å²) < 4.78 is 0. The normalized spacial score (nSPS) is 14.2.